The predicted molar refractivity (Wildman–Crippen MR) is 69.7 cm³/mol. The lowest BCUT2D eigenvalue weighted by atomic mass is 9.93. The zero-order valence-electron chi connectivity index (χ0n) is 10.3. The van der Waals surface area contributed by atoms with Gasteiger partial charge >= 0.3 is 5.97 Å². The molecule has 0 bridgehead atoms. The standard InChI is InChI=1S/C14H19NO3/c16-14(17)10-18-13-8-6-12(7-9-13)15-11-4-2-1-3-5-11/h1-5,12-13,15H,6-10H2,(H,16,17). The minimum atomic E-state index is -0.889. The summed E-state index contributed by atoms with van der Waals surface area (Å²) in [6, 6.07) is 10.6. The lowest BCUT2D eigenvalue weighted by molar-refractivity contribution is -0.145. The number of anilines is 1. The van der Waals surface area contributed by atoms with Crippen LogP contribution in [0, 0.1) is 0 Å². The molecule has 0 saturated heterocycles. The minimum absolute atomic E-state index is 0.106. The number of carboxylic acid groups (broad SMARTS) is 1. The van der Waals surface area contributed by atoms with Crippen molar-refractivity contribution in [2.45, 2.75) is 37.8 Å². The predicted octanol–water partition coefficient (Wildman–Crippen LogP) is 2.51. The molecule has 2 rings (SSSR count). The summed E-state index contributed by atoms with van der Waals surface area (Å²) in [5, 5.41) is 12.0. The van der Waals surface area contributed by atoms with Gasteiger partial charge in [0.1, 0.15) is 6.61 Å². The fourth-order valence-electron chi connectivity index (χ4n) is 2.33. The van der Waals surface area contributed by atoms with Gasteiger partial charge in [-0.25, -0.2) is 4.79 Å². The Labute approximate surface area is 107 Å². The Balaban J connectivity index is 1.72. The summed E-state index contributed by atoms with van der Waals surface area (Å²) < 4.78 is 5.32. The molecule has 1 aliphatic rings. The van der Waals surface area contributed by atoms with E-state index in [-0.39, 0.29) is 12.7 Å². The van der Waals surface area contributed by atoms with Crippen LogP contribution >= 0.6 is 0 Å². The van der Waals surface area contributed by atoms with Crippen molar-refractivity contribution in [2.24, 2.45) is 0 Å². The van der Waals surface area contributed by atoms with Crippen molar-refractivity contribution in [1.82, 2.24) is 0 Å². The Bertz CT molecular complexity index is 372. The van der Waals surface area contributed by atoms with Crippen molar-refractivity contribution in [3.63, 3.8) is 0 Å². The van der Waals surface area contributed by atoms with E-state index in [2.05, 4.69) is 17.4 Å². The second-order valence-electron chi connectivity index (χ2n) is 4.69. The number of aliphatic carboxylic acids is 1. The molecule has 0 aliphatic heterocycles. The first-order valence-electron chi connectivity index (χ1n) is 6.39. The van der Waals surface area contributed by atoms with Crippen LogP contribution in [0.5, 0.6) is 0 Å². The molecule has 1 aromatic carbocycles. The molecule has 0 atom stereocenters. The number of benzene rings is 1. The van der Waals surface area contributed by atoms with Gasteiger partial charge in [-0.15, -0.1) is 0 Å². The van der Waals surface area contributed by atoms with E-state index < -0.39 is 5.97 Å². The number of nitrogens with one attached hydrogen (secondary N) is 1. The minimum Gasteiger partial charge on any atom is -0.480 e. The molecule has 0 spiro atoms. The summed E-state index contributed by atoms with van der Waals surface area (Å²) in [6.45, 7) is -0.179. The summed E-state index contributed by atoms with van der Waals surface area (Å²) in [7, 11) is 0. The van der Waals surface area contributed by atoms with Gasteiger partial charge in [0.2, 0.25) is 0 Å². The van der Waals surface area contributed by atoms with Crippen LogP contribution in [0.15, 0.2) is 30.3 Å². The van der Waals surface area contributed by atoms with E-state index in [1.807, 2.05) is 18.2 Å². The number of ether oxygens (including phenoxy) is 1. The monoisotopic (exact) mass is 249 g/mol. The third kappa shape index (κ3) is 4.04. The van der Waals surface area contributed by atoms with E-state index in [4.69, 9.17) is 9.84 Å². The van der Waals surface area contributed by atoms with Crippen molar-refractivity contribution in [3.05, 3.63) is 30.3 Å². The Morgan fingerprint density at radius 2 is 1.89 bits per heavy atom. The molecule has 4 nitrogen and oxygen atoms in total. The van der Waals surface area contributed by atoms with Crippen molar-refractivity contribution in [1.29, 1.82) is 0 Å². The van der Waals surface area contributed by atoms with E-state index in [0.717, 1.165) is 31.4 Å². The van der Waals surface area contributed by atoms with E-state index >= 15 is 0 Å². The third-order valence-electron chi connectivity index (χ3n) is 3.26. The zero-order valence-corrected chi connectivity index (χ0v) is 10.3. The smallest absolute Gasteiger partial charge is 0.329 e. The molecule has 2 N–H and O–H groups in total. The number of rotatable bonds is 5. The first-order chi connectivity index (χ1) is 8.74. The number of para-hydroxylation sites is 1. The van der Waals surface area contributed by atoms with Crippen LogP contribution in [-0.4, -0.2) is 29.8 Å². The molecular weight excluding hydrogens is 230 g/mol. The number of carbonyl (C=O) groups is 1. The van der Waals surface area contributed by atoms with Gasteiger partial charge in [0.25, 0.3) is 0 Å². The second kappa shape index (κ2) is 6.40. The molecule has 0 heterocycles. The normalized spacial score (nSPS) is 23.6. The third-order valence-corrected chi connectivity index (χ3v) is 3.26. The van der Waals surface area contributed by atoms with Gasteiger partial charge in [0, 0.05) is 11.7 Å². The molecule has 98 valence electrons. The maximum atomic E-state index is 10.4. The van der Waals surface area contributed by atoms with E-state index in [9.17, 15) is 4.79 Å². The van der Waals surface area contributed by atoms with Gasteiger partial charge in [-0.3, -0.25) is 0 Å². The largest absolute Gasteiger partial charge is 0.480 e. The molecule has 1 fully saturated rings. The van der Waals surface area contributed by atoms with Crippen LogP contribution in [-0.2, 0) is 9.53 Å². The fourth-order valence-corrected chi connectivity index (χ4v) is 2.33. The highest BCUT2D eigenvalue weighted by atomic mass is 16.5. The molecule has 0 radical (unpaired) electrons. The van der Waals surface area contributed by atoms with Crippen LogP contribution in [0.2, 0.25) is 0 Å². The van der Waals surface area contributed by atoms with Crippen LogP contribution in [0.1, 0.15) is 25.7 Å². The first kappa shape index (κ1) is 12.9. The van der Waals surface area contributed by atoms with Gasteiger partial charge in [-0.05, 0) is 37.8 Å². The summed E-state index contributed by atoms with van der Waals surface area (Å²) in [6.07, 6.45) is 4.02. The Kier molecular flexibility index (Phi) is 4.59. The van der Waals surface area contributed by atoms with Crippen molar-refractivity contribution in [3.8, 4) is 0 Å². The molecule has 18 heavy (non-hydrogen) atoms. The summed E-state index contributed by atoms with van der Waals surface area (Å²) in [4.78, 5) is 10.4. The summed E-state index contributed by atoms with van der Waals surface area (Å²) >= 11 is 0. The van der Waals surface area contributed by atoms with Crippen molar-refractivity contribution >= 4 is 11.7 Å². The van der Waals surface area contributed by atoms with Crippen LogP contribution in [0.4, 0.5) is 5.69 Å². The summed E-state index contributed by atoms with van der Waals surface area (Å²) in [5.74, 6) is -0.889. The SMILES string of the molecule is O=C(O)COC1CCC(Nc2ccccc2)CC1. The second-order valence-corrected chi connectivity index (χ2v) is 4.69. The van der Waals surface area contributed by atoms with Gasteiger partial charge in [0.15, 0.2) is 0 Å². The molecule has 1 aliphatic carbocycles. The number of hydrogen-bond donors (Lipinski definition) is 2. The highest BCUT2D eigenvalue weighted by Crippen LogP contribution is 2.24. The van der Waals surface area contributed by atoms with E-state index in [1.54, 1.807) is 0 Å². The van der Waals surface area contributed by atoms with Crippen LogP contribution in [0.3, 0.4) is 0 Å². The molecule has 1 aromatic rings. The average molecular weight is 249 g/mol. The maximum Gasteiger partial charge on any atom is 0.329 e. The zero-order chi connectivity index (χ0) is 12.8. The van der Waals surface area contributed by atoms with Crippen molar-refractivity contribution in [2.75, 3.05) is 11.9 Å². The molecule has 0 unspecified atom stereocenters. The topological polar surface area (TPSA) is 58.6 Å². The quantitative estimate of drug-likeness (QED) is 0.841. The van der Waals surface area contributed by atoms with E-state index in [1.165, 1.54) is 0 Å². The first-order valence-corrected chi connectivity index (χ1v) is 6.39. The number of hydrogen-bond acceptors (Lipinski definition) is 3. The van der Waals surface area contributed by atoms with E-state index in [0.29, 0.717) is 6.04 Å². The fraction of sp³-hybridized carbons (Fsp3) is 0.500. The van der Waals surface area contributed by atoms with Gasteiger partial charge in [-0.2, -0.15) is 0 Å². The Morgan fingerprint density at radius 3 is 2.50 bits per heavy atom. The Hall–Kier alpha value is -1.55. The van der Waals surface area contributed by atoms with Gasteiger partial charge in [-0.1, -0.05) is 18.2 Å². The van der Waals surface area contributed by atoms with Gasteiger partial charge < -0.3 is 15.2 Å². The molecule has 0 aromatic heterocycles. The summed E-state index contributed by atoms with van der Waals surface area (Å²) in [5.41, 5.74) is 1.15. The Morgan fingerprint density at radius 1 is 1.22 bits per heavy atom. The number of carboxylic acids is 1. The molecular formula is C14H19NO3. The molecule has 1 saturated carbocycles. The molecule has 4 heteroatoms. The van der Waals surface area contributed by atoms with Crippen LogP contribution in [0.25, 0.3) is 0 Å². The highest BCUT2D eigenvalue weighted by Gasteiger charge is 2.21. The highest BCUT2D eigenvalue weighted by molar-refractivity contribution is 5.68. The lowest BCUT2D eigenvalue weighted by Gasteiger charge is -2.29. The lowest BCUT2D eigenvalue weighted by Crippen LogP contribution is -2.30. The van der Waals surface area contributed by atoms with Crippen molar-refractivity contribution < 1.29 is 14.6 Å². The maximum absolute atomic E-state index is 10.4. The van der Waals surface area contributed by atoms with Crippen LogP contribution < -0.4 is 5.32 Å². The molecule has 0 amide bonds. The van der Waals surface area contributed by atoms with Gasteiger partial charge in [0.05, 0.1) is 6.10 Å². The average Bonchev–Trinajstić information content (AvgIpc) is 2.39.